The number of hydrogen-bond donors (Lipinski definition) is 0. The van der Waals surface area contributed by atoms with Crippen LogP contribution in [0.15, 0.2) is 16.3 Å². The molecule has 2 nitrogen and oxygen atoms in total. The van der Waals surface area contributed by atoms with Gasteiger partial charge in [-0.25, -0.2) is 0 Å². The average molecular weight is 201 g/mol. The van der Waals surface area contributed by atoms with Crippen LogP contribution in [0.2, 0.25) is 4.34 Å². The molecular formula is C4H2ClFO2S2. The second kappa shape index (κ2) is 2.48. The molecule has 1 aromatic heterocycles. The normalized spacial score (nSPS) is 11.8. The van der Waals surface area contributed by atoms with Gasteiger partial charge >= 0.3 is 10.2 Å². The molecule has 6 heteroatoms. The molecule has 0 unspecified atom stereocenters. The highest BCUT2D eigenvalue weighted by atomic mass is 35.5. The molecule has 0 amide bonds. The highest BCUT2D eigenvalue weighted by Gasteiger charge is 2.16. The monoisotopic (exact) mass is 200 g/mol. The van der Waals surface area contributed by atoms with E-state index in [-0.39, 0.29) is 4.34 Å². The third kappa shape index (κ3) is 1.47. The quantitative estimate of drug-likeness (QED) is 0.651. The summed E-state index contributed by atoms with van der Waals surface area (Å²) in [6.45, 7) is 0. The summed E-state index contributed by atoms with van der Waals surface area (Å²) in [6.07, 6.45) is 0. The Labute approximate surface area is 66.5 Å². The van der Waals surface area contributed by atoms with E-state index in [9.17, 15) is 12.3 Å². The van der Waals surface area contributed by atoms with Gasteiger partial charge in [0, 0.05) is 0 Å². The molecule has 0 spiro atoms. The summed E-state index contributed by atoms with van der Waals surface area (Å²) in [5.41, 5.74) is 0. The molecule has 0 N–H and O–H groups in total. The molecule has 10 heavy (non-hydrogen) atoms. The van der Waals surface area contributed by atoms with Gasteiger partial charge in [0.05, 0.1) is 0 Å². The molecule has 0 fully saturated rings. The molecule has 0 aliphatic rings. The third-order valence-electron chi connectivity index (χ3n) is 0.847. The lowest BCUT2D eigenvalue weighted by molar-refractivity contribution is 0.552. The van der Waals surface area contributed by atoms with Gasteiger partial charge in [-0.2, -0.15) is 8.42 Å². The van der Waals surface area contributed by atoms with Gasteiger partial charge in [-0.3, -0.25) is 0 Å². The fourth-order valence-corrected chi connectivity index (χ4v) is 2.41. The maximum atomic E-state index is 12.1. The summed E-state index contributed by atoms with van der Waals surface area (Å²) >= 11 is 6.30. The number of hydrogen-bond acceptors (Lipinski definition) is 3. The van der Waals surface area contributed by atoms with Crippen LogP contribution in [0.1, 0.15) is 0 Å². The molecule has 0 bridgehead atoms. The van der Waals surface area contributed by atoms with Crippen molar-refractivity contribution in [2.75, 3.05) is 0 Å². The number of rotatable bonds is 1. The van der Waals surface area contributed by atoms with Crippen LogP contribution in [0, 0.1) is 0 Å². The molecule has 0 aromatic carbocycles. The fraction of sp³-hybridized carbons (Fsp3) is 0. The SMILES string of the molecule is O=S(=O)(F)c1ccsc1Cl. The van der Waals surface area contributed by atoms with Crippen LogP contribution in [0.5, 0.6) is 0 Å². The Morgan fingerprint density at radius 3 is 2.40 bits per heavy atom. The summed E-state index contributed by atoms with van der Waals surface area (Å²) in [5.74, 6) is 0. The first-order valence-corrected chi connectivity index (χ1v) is 4.83. The molecule has 0 atom stereocenters. The lowest BCUT2D eigenvalue weighted by Crippen LogP contribution is -1.88. The molecule has 0 radical (unpaired) electrons. The zero-order valence-corrected chi connectivity index (χ0v) is 6.93. The Morgan fingerprint density at radius 2 is 2.20 bits per heavy atom. The Morgan fingerprint density at radius 1 is 1.60 bits per heavy atom. The molecule has 1 rings (SSSR count). The van der Waals surface area contributed by atoms with Crippen molar-refractivity contribution in [2.24, 2.45) is 0 Å². The second-order valence-electron chi connectivity index (χ2n) is 1.50. The topological polar surface area (TPSA) is 34.1 Å². The van der Waals surface area contributed by atoms with E-state index >= 15 is 0 Å². The van der Waals surface area contributed by atoms with Crippen molar-refractivity contribution >= 4 is 33.2 Å². The minimum Gasteiger partial charge on any atom is -0.189 e. The van der Waals surface area contributed by atoms with E-state index in [1.165, 1.54) is 5.38 Å². The molecule has 1 heterocycles. The van der Waals surface area contributed by atoms with Gasteiger partial charge in [0.1, 0.15) is 9.23 Å². The summed E-state index contributed by atoms with van der Waals surface area (Å²) in [7, 11) is -4.61. The van der Waals surface area contributed by atoms with Gasteiger partial charge < -0.3 is 0 Å². The second-order valence-corrected chi connectivity index (χ2v) is 4.33. The maximum Gasteiger partial charge on any atom is 0.334 e. The summed E-state index contributed by atoms with van der Waals surface area (Å²) < 4.78 is 32.4. The standard InChI is InChI=1S/C4H2ClFO2S2/c5-4-3(1-2-9-4)10(6,7)8/h1-2H. The zero-order valence-electron chi connectivity index (χ0n) is 4.54. The Bertz CT molecular complexity index is 329. The molecular weight excluding hydrogens is 199 g/mol. The summed E-state index contributed by atoms with van der Waals surface area (Å²) in [4.78, 5) is -0.445. The van der Waals surface area contributed by atoms with Crippen molar-refractivity contribution in [2.45, 2.75) is 4.90 Å². The van der Waals surface area contributed by atoms with Crippen molar-refractivity contribution in [3.05, 3.63) is 15.8 Å². The molecule has 0 saturated heterocycles. The van der Waals surface area contributed by atoms with Crippen LogP contribution in [0.25, 0.3) is 0 Å². The van der Waals surface area contributed by atoms with E-state index in [1.54, 1.807) is 0 Å². The molecule has 0 aliphatic heterocycles. The van der Waals surface area contributed by atoms with Crippen LogP contribution >= 0.6 is 22.9 Å². The van der Waals surface area contributed by atoms with E-state index < -0.39 is 15.1 Å². The van der Waals surface area contributed by atoms with Gasteiger partial charge in [-0.1, -0.05) is 11.6 Å². The predicted octanol–water partition coefficient (Wildman–Crippen LogP) is 2.06. The molecule has 0 saturated carbocycles. The first-order chi connectivity index (χ1) is 4.52. The van der Waals surface area contributed by atoms with E-state index in [0.717, 1.165) is 17.4 Å². The van der Waals surface area contributed by atoms with Crippen LogP contribution in [0.4, 0.5) is 3.89 Å². The molecule has 0 aliphatic carbocycles. The summed E-state index contributed by atoms with van der Waals surface area (Å²) in [6, 6.07) is 1.13. The highest BCUT2D eigenvalue weighted by molar-refractivity contribution is 7.86. The van der Waals surface area contributed by atoms with E-state index in [1.807, 2.05) is 0 Å². The van der Waals surface area contributed by atoms with E-state index in [0.29, 0.717) is 0 Å². The van der Waals surface area contributed by atoms with Crippen molar-refractivity contribution in [3.63, 3.8) is 0 Å². The molecule has 56 valence electrons. The lowest BCUT2D eigenvalue weighted by atomic mass is 10.7. The first kappa shape index (κ1) is 7.97. The zero-order chi connectivity index (χ0) is 7.78. The fourth-order valence-electron chi connectivity index (χ4n) is 0.456. The van der Waals surface area contributed by atoms with Crippen molar-refractivity contribution < 1.29 is 12.3 Å². The minimum atomic E-state index is -4.61. The Hall–Kier alpha value is -0.130. The molecule has 1 aromatic rings. The number of halogens is 2. The first-order valence-electron chi connectivity index (χ1n) is 2.19. The van der Waals surface area contributed by atoms with Crippen LogP contribution in [-0.2, 0) is 10.2 Å². The van der Waals surface area contributed by atoms with Crippen molar-refractivity contribution in [1.82, 2.24) is 0 Å². The number of thiophene rings is 1. The predicted molar refractivity (Wildman–Crippen MR) is 37.6 cm³/mol. The summed E-state index contributed by atoms with van der Waals surface area (Å²) in [5, 5.41) is 1.41. The van der Waals surface area contributed by atoms with Crippen molar-refractivity contribution in [3.8, 4) is 0 Å². The smallest absolute Gasteiger partial charge is 0.189 e. The Kier molecular flexibility index (Phi) is 1.98. The van der Waals surface area contributed by atoms with Crippen LogP contribution in [0.3, 0.4) is 0 Å². The third-order valence-corrected chi connectivity index (χ3v) is 3.12. The van der Waals surface area contributed by atoms with E-state index in [4.69, 9.17) is 11.6 Å². The van der Waals surface area contributed by atoms with Gasteiger partial charge in [0.15, 0.2) is 0 Å². The van der Waals surface area contributed by atoms with Crippen molar-refractivity contribution in [1.29, 1.82) is 0 Å². The minimum absolute atomic E-state index is 0.0394. The van der Waals surface area contributed by atoms with E-state index in [2.05, 4.69) is 0 Å². The van der Waals surface area contributed by atoms with Gasteiger partial charge in [0.25, 0.3) is 0 Å². The van der Waals surface area contributed by atoms with Crippen LogP contribution < -0.4 is 0 Å². The average Bonchev–Trinajstić information content (AvgIpc) is 2.11. The maximum absolute atomic E-state index is 12.1. The van der Waals surface area contributed by atoms with Crippen LogP contribution in [-0.4, -0.2) is 8.42 Å². The lowest BCUT2D eigenvalue weighted by Gasteiger charge is -1.86. The van der Waals surface area contributed by atoms with Gasteiger partial charge in [-0.05, 0) is 11.4 Å². The largest absolute Gasteiger partial charge is 0.334 e. The van der Waals surface area contributed by atoms with Gasteiger partial charge in [-0.15, -0.1) is 15.2 Å². The highest BCUT2D eigenvalue weighted by Crippen LogP contribution is 2.27. The van der Waals surface area contributed by atoms with Gasteiger partial charge in [0.2, 0.25) is 0 Å². The Balaban J connectivity index is 3.32.